The van der Waals surface area contributed by atoms with E-state index in [0.29, 0.717) is 36.5 Å². The van der Waals surface area contributed by atoms with Crippen molar-refractivity contribution in [2.24, 2.45) is 11.8 Å². The topological polar surface area (TPSA) is 107 Å². The minimum Gasteiger partial charge on any atom is -0.484 e. The summed E-state index contributed by atoms with van der Waals surface area (Å²) in [4.78, 5) is 33.5. The molecule has 2 aliphatic heterocycles. The van der Waals surface area contributed by atoms with Crippen LogP contribution in [0.25, 0.3) is 11.1 Å². The standard InChI is InChI=1S/C32H36ClN5O3/c1-20-5-3-8-27(36-32(40)23-12-14-38(19-23)25-7-4-6-24(33)18-25)29-17-22(11-13-35-29)26-10-9-21(16-30(34)41-2)15-28(26)37-31(20)39/h4,6-7,9-11,13,15,17-18,20,23,27,34H,3,5,8,12,14,16,19H2,1-2H3,(H,36,40)(H,37,39)/t20-,23?,27+/m1/s1. The highest BCUT2D eigenvalue weighted by Gasteiger charge is 2.31. The Balaban J connectivity index is 1.40. The van der Waals surface area contributed by atoms with E-state index in [9.17, 15) is 9.59 Å². The lowest BCUT2D eigenvalue weighted by molar-refractivity contribution is -0.125. The minimum absolute atomic E-state index is 0.0234. The first-order chi connectivity index (χ1) is 19.8. The molecule has 9 heteroatoms. The van der Waals surface area contributed by atoms with Crippen LogP contribution in [0.2, 0.25) is 5.02 Å². The third kappa shape index (κ3) is 6.88. The fraction of sp³-hybridized carbons (Fsp3) is 0.375. The number of pyridine rings is 1. The van der Waals surface area contributed by atoms with E-state index in [1.54, 1.807) is 6.20 Å². The number of benzene rings is 2. The molecular weight excluding hydrogens is 538 g/mol. The Morgan fingerprint density at radius 3 is 2.83 bits per heavy atom. The van der Waals surface area contributed by atoms with E-state index in [4.69, 9.17) is 21.7 Å². The number of carbonyl (C=O) groups is 2. The molecule has 2 aliphatic rings. The predicted octanol–water partition coefficient (Wildman–Crippen LogP) is 6.01. The molecule has 214 valence electrons. The van der Waals surface area contributed by atoms with E-state index in [2.05, 4.69) is 20.5 Å². The molecule has 2 aromatic carbocycles. The van der Waals surface area contributed by atoms with Gasteiger partial charge in [0.2, 0.25) is 11.8 Å². The number of fused-ring (bicyclic) bond motifs is 4. The highest BCUT2D eigenvalue weighted by atomic mass is 35.5. The van der Waals surface area contributed by atoms with E-state index in [0.717, 1.165) is 47.5 Å². The number of hydrogen-bond donors (Lipinski definition) is 3. The zero-order valence-electron chi connectivity index (χ0n) is 23.5. The molecule has 2 amide bonds. The van der Waals surface area contributed by atoms with E-state index in [1.165, 1.54) is 7.11 Å². The lowest BCUT2D eigenvalue weighted by atomic mass is 9.94. The van der Waals surface area contributed by atoms with Gasteiger partial charge in [-0.05, 0) is 66.8 Å². The van der Waals surface area contributed by atoms with Gasteiger partial charge in [0.25, 0.3) is 0 Å². The van der Waals surface area contributed by atoms with Crippen LogP contribution in [-0.4, -0.2) is 42.9 Å². The third-order valence-corrected chi connectivity index (χ3v) is 8.26. The van der Waals surface area contributed by atoms with Crippen molar-refractivity contribution < 1.29 is 14.3 Å². The maximum absolute atomic E-state index is 13.5. The van der Waals surface area contributed by atoms with Crippen molar-refractivity contribution in [3.05, 3.63) is 77.1 Å². The van der Waals surface area contributed by atoms with E-state index < -0.39 is 0 Å². The van der Waals surface area contributed by atoms with Gasteiger partial charge in [0.1, 0.15) is 0 Å². The average Bonchev–Trinajstić information content (AvgIpc) is 3.47. The molecule has 0 saturated carbocycles. The summed E-state index contributed by atoms with van der Waals surface area (Å²) in [6.45, 7) is 3.37. The molecule has 5 rings (SSSR count). The van der Waals surface area contributed by atoms with Crippen LogP contribution in [-0.2, 0) is 20.7 Å². The maximum Gasteiger partial charge on any atom is 0.227 e. The first kappa shape index (κ1) is 28.6. The Labute approximate surface area is 246 Å². The minimum atomic E-state index is -0.262. The highest BCUT2D eigenvalue weighted by molar-refractivity contribution is 6.30. The molecule has 1 saturated heterocycles. The number of aromatic nitrogens is 1. The van der Waals surface area contributed by atoms with Crippen molar-refractivity contribution in [1.82, 2.24) is 10.3 Å². The lowest BCUT2D eigenvalue weighted by Gasteiger charge is -2.24. The average molecular weight is 574 g/mol. The van der Waals surface area contributed by atoms with Crippen LogP contribution in [0.1, 0.15) is 49.9 Å². The van der Waals surface area contributed by atoms with Crippen LogP contribution < -0.4 is 15.5 Å². The number of nitrogens with one attached hydrogen (secondary N) is 3. The van der Waals surface area contributed by atoms with Crippen molar-refractivity contribution in [2.45, 2.75) is 45.1 Å². The number of ether oxygens (including phenoxy) is 1. The predicted molar refractivity (Wildman–Crippen MR) is 162 cm³/mol. The highest BCUT2D eigenvalue weighted by Crippen LogP contribution is 2.33. The molecule has 8 nitrogen and oxygen atoms in total. The second kappa shape index (κ2) is 12.7. The fourth-order valence-corrected chi connectivity index (χ4v) is 5.79. The number of anilines is 2. The van der Waals surface area contributed by atoms with Crippen molar-refractivity contribution in [1.29, 1.82) is 5.41 Å². The first-order valence-corrected chi connectivity index (χ1v) is 14.5. The second-order valence-corrected chi connectivity index (χ2v) is 11.4. The number of nitrogens with zero attached hydrogens (tertiary/aromatic N) is 2. The molecule has 2 bridgehead atoms. The summed E-state index contributed by atoms with van der Waals surface area (Å²) in [5, 5.41) is 15.0. The number of hydrogen-bond acceptors (Lipinski definition) is 6. The largest absolute Gasteiger partial charge is 0.484 e. The normalized spacial score (nSPS) is 20.7. The van der Waals surface area contributed by atoms with Gasteiger partial charge >= 0.3 is 0 Å². The Morgan fingerprint density at radius 1 is 1.17 bits per heavy atom. The number of rotatable bonds is 5. The number of amides is 2. The van der Waals surface area contributed by atoms with E-state index >= 15 is 0 Å². The molecule has 3 aromatic rings. The molecule has 41 heavy (non-hydrogen) atoms. The Kier molecular flexibility index (Phi) is 8.88. The Hall–Kier alpha value is -3.91. The first-order valence-electron chi connectivity index (χ1n) is 14.1. The molecule has 0 spiro atoms. The van der Waals surface area contributed by atoms with Gasteiger partial charge in [-0.1, -0.05) is 43.1 Å². The molecule has 1 unspecified atom stereocenters. The smallest absolute Gasteiger partial charge is 0.227 e. The van der Waals surface area contributed by atoms with Crippen LogP contribution in [0.3, 0.4) is 0 Å². The summed E-state index contributed by atoms with van der Waals surface area (Å²) in [7, 11) is 1.48. The van der Waals surface area contributed by atoms with Gasteiger partial charge in [0.05, 0.1) is 24.8 Å². The number of methoxy groups -OCH3 is 1. The fourth-order valence-electron chi connectivity index (χ4n) is 5.60. The molecular formula is C32H36ClN5O3. The Bertz CT molecular complexity index is 1440. The van der Waals surface area contributed by atoms with Gasteiger partial charge in [-0.15, -0.1) is 0 Å². The summed E-state index contributed by atoms with van der Waals surface area (Å²) in [6.07, 6.45) is 5.01. The van der Waals surface area contributed by atoms with Crippen LogP contribution in [0.4, 0.5) is 11.4 Å². The third-order valence-electron chi connectivity index (χ3n) is 8.03. The lowest BCUT2D eigenvalue weighted by Crippen LogP contribution is -2.36. The molecule has 3 N–H and O–H groups in total. The number of carbonyl (C=O) groups excluding carboxylic acids is 2. The van der Waals surface area contributed by atoms with Crippen molar-refractivity contribution >= 4 is 40.7 Å². The molecule has 3 atom stereocenters. The van der Waals surface area contributed by atoms with Gasteiger partial charge in [0, 0.05) is 53.6 Å². The van der Waals surface area contributed by atoms with Crippen LogP contribution in [0.5, 0.6) is 0 Å². The van der Waals surface area contributed by atoms with Crippen LogP contribution >= 0.6 is 11.6 Å². The molecule has 3 heterocycles. The SMILES string of the molecule is COC(=N)Cc1ccc2c(c1)NC(=O)[C@H](C)CCC[C@H](NC(=O)C1CCN(c3cccc(Cl)c3)C1)c1cc-2ccn1. The summed E-state index contributed by atoms with van der Waals surface area (Å²) >= 11 is 6.19. The summed E-state index contributed by atoms with van der Waals surface area (Å²) < 4.78 is 5.04. The monoisotopic (exact) mass is 573 g/mol. The van der Waals surface area contributed by atoms with Gasteiger partial charge in [-0.2, -0.15) is 0 Å². The van der Waals surface area contributed by atoms with Crippen molar-refractivity contribution in [3.8, 4) is 11.1 Å². The van der Waals surface area contributed by atoms with Gasteiger partial charge in [0.15, 0.2) is 5.90 Å². The molecule has 1 fully saturated rings. The second-order valence-electron chi connectivity index (χ2n) is 10.9. The van der Waals surface area contributed by atoms with Gasteiger partial charge in [-0.25, -0.2) is 0 Å². The van der Waals surface area contributed by atoms with Crippen molar-refractivity contribution in [2.75, 3.05) is 30.4 Å². The van der Waals surface area contributed by atoms with Crippen molar-refractivity contribution in [3.63, 3.8) is 0 Å². The molecule has 0 aliphatic carbocycles. The summed E-state index contributed by atoms with van der Waals surface area (Å²) in [5.41, 5.74) is 5.16. The zero-order valence-corrected chi connectivity index (χ0v) is 24.2. The quantitative estimate of drug-likeness (QED) is 0.256. The van der Waals surface area contributed by atoms with Gasteiger partial charge in [-0.3, -0.25) is 20.0 Å². The van der Waals surface area contributed by atoms with Crippen LogP contribution in [0, 0.1) is 17.2 Å². The van der Waals surface area contributed by atoms with E-state index in [-0.39, 0.29) is 35.6 Å². The molecule has 1 aromatic heterocycles. The zero-order chi connectivity index (χ0) is 28.9. The summed E-state index contributed by atoms with van der Waals surface area (Å²) in [5.74, 6) is -0.205. The van der Waals surface area contributed by atoms with Crippen LogP contribution in [0.15, 0.2) is 60.8 Å². The summed E-state index contributed by atoms with van der Waals surface area (Å²) in [6, 6.07) is 17.2. The number of halogens is 1. The maximum atomic E-state index is 13.5. The Morgan fingerprint density at radius 2 is 2.02 bits per heavy atom. The van der Waals surface area contributed by atoms with Gasteiger partial charge < -0.3 is 20.3 Å². The molecule has 0 radical (unpaired) electrons. The van der Waals surface area contributed by atoms with E-state index in [1.807, 2.05) is 61.5 Å².